The number of hydrogen-bond acceptors (Lipinski definition) is 3. The summed E-state index contributed by atoms with van der Waals surface area (Å²) in [5.74, 6) is 0. The van der Waals surface area contributed by atoms with Gasteiger partial charge in [-0.1, -0.05) is 0 Å². The van der Waals surface area contributed by atoms with E-state index in [1.807, 2.05) is 0 Å². The third-order valence-electron chi connectivity index (χ3n) is 2.18. The standard InChI is InChI=1S/C8H12ClN3O4/c9-6(13)12-4-1-3-11(8(12)16)5-2-10-7(14)15/h10H,1-5H2,(H,14,15). The highest BCUT2D eigenvalue weighted by molar-refractivity contribution is 6.64. The van der Waals surface area contributed by atoms with Crippen molar-refractivity contribution in [1.82, 2.24) is 15.1 Å². The maximum atomic E-state index is 11.6. The Labute approximate surface area is 96.9 Å². The quantitative estimate of drug-likeness (QED) is 0.570. The lowest BCUT2D eigenvalue weighted by Crippen LogP contribution is -2.51. The number of rotatable bonds is 3. The summed E-state index contributed by atoms with van der Waals surface area (Å²) in [7, 11) is 0. The van der Waals surface area contributed by atoms with Gasteiger partial charge in [0.15, 0.2) is 0 Å². The number of nitrogens with zero attached hydrogens (tertiary/aromatic N) is 2. The van der Waals surface area contributed by atoms with Crippen LogP contribution in [-0.2, 0) is 0 Å². The lowest BCUT2D eigenvalue weighted by molar-refractivity contribution is 0.142. The van der Waals surface area contributed by atoms with E-state index in [0.29, 0.717) is 19.5 Å². The zero-order valence-corrected chi connectivity index (χ0v) is 9.24. The normalized spacial score (nSPS) is 16.2. The Hall–Kier alpha value is -1.50. The summed E-state index contributed by atoms with van der Waals surface area (Å²) < 4.78 is 0. The predicted octanol–water partition coefficient (Wildman–Crippen LogP) is 0.740. The number of carbonyl (C=O) groups excluding carboxylic acids is 2. The molecular formula is C8H12ClN3O4. The number of imide groups is 1. The van der Waals surface area contributed by atoms with Gasteiger partial charge in [0.1, 0.15) is 0 Å². The molecule has 1 heterocycles. The maximum Gasteiger partial charge on any atom is 0.404 e. The first-order valence-electron chi connectivity index (χ1n) is 4.75. The summed E-state index contributed by atoms with van der Waals surface area (Å²) in [6, 6.07) is -0.474. The lowest BCUT2D eigenvalue weighted by atomic mass is 10.3. The molecule has 0 bridgehead atoms. The van der Waals surface area contributed by atoms with Crippen molar-refractivity contribution in [1.29, 1.82) is 0 Å². The van der Waals surface area contributed by atoms with Gasteiger partial charge in [-0.2, -0.15) is 0 Å². The number of hydrogen-bond donors (Lipinski definition) is 2. The fourth-order valence-electron chi connectivity index (χ4n) is 1.45. The van der Waals surface area contributed by atoms with Gasteiger partial charge < -0.3 is 15.3 Å². The Morgan fingerprint density at radius 3 is 2.69 bits per heavy atom. The van der Waals surface area contributed by atoms with E-state index in [4.69, 9.17) is 16.7 Å². The Morgan fingerprint density at radius 1 is 1.44 bits per heavy atom. The molecule has 0 aromatic rings. The van der Waals surface area contributed by atoms with Gasteiger partial charge in [0.2, 0.25) is 0 Å². The average molecular weight is 250 g/mol. The van der Waals surface area contributed by atoms with Crippen LogP contribution in [0.1, 0.15) is 6.42 Å². The summed E-state index contributed by atoms with van der Waals surface area (Å²) in [5, 5.41) is 9.69. The average Bonchev–Trinajstić information content (AvgIpc) is 2.19. The zero-order valence-electron chi connectivity index (χ0n) is 8.48. The number of amides is 4. The number of halogens is 1. The highest BCUT2D eigenvalue weighted by Gasteiger charge is 2.28. The summed E-state index contributed by atoms with van der Waals surface area (Å²) in [5.41, 5.74) is 0. The van der Waals surface area contributed by atoms with Crippen LogP contribution in [0.5, 0.6) is 0 Å². The van der Waals surface area contributed by atoms with Crippen LogP contribution in [0.15, 0.2) is 0 Å². The van der Waals surface area contributed by atoms with E-state index in [2.05, 4.69) is 5.32 Å². The molecule has 0 radical (unpaired) electrons. The van der Waals surface area contributed by atoms with E-state index >= 15 is 0 Å². The molecule has 4 amide bonds. The van der Waals surface area contributed by atoms with Gasteiger partial charge >= 0.3 is 17.5 Å². The van der Waals surface area contributed by atoms with Gasteiger partial charge in [-0.05, 0) is 18.0 Å². The summed E-state index contributed by atoms with van der Waals surface area (Å²) in [6.45, 7) is 1.17. The number of urea groups is 1. The summed E-state index contributed by atoms with van der Waals surface area (Å²) in [4.78, 5) is 35.0. The van der Waals surface area contributed by atoms with Gasteiger partial charge in [0, 0.05) is 26.2 Å². The van der Waals surface area contributed by atoms with Crippen molar-refractivity contribution in [2.75, 3.05) is 26.2 Å². The van der Waals surface area contributed by atoms with E-state index in [0.717, 1.165) is 4.90 Å². The number of carbonyl (C=O) groups is 3. The first-order valence-corrected chi connectivity index (χ1v) is 5.13. The van der Waals surface area contributed by atoms with Gasteiger partial charge in [0.05, 0.1) is 0 Å². The molecule has 7 nitrogen and oxygen atoms in total. The SMILES string of the molecule is O=C(O)NCCN1CCCN(C(=O)Cl)C1=O. The monoisotopic (exact) mass is 249 g/mol. The summed E-state index contributed by atoms with van der Waals surface area (Å²) >= 11 is 5.23. The zero-order chi connectivity index (χ0) is 12.1. The van der Waals surface area contributed by atoms with Crippen molar-refractivity contribution >= 4 is 29.1 Å². The molecule has 8 heteroatoms. The van der Waals surface area contributed by atoms with Crippen LogP contribution >= 0.6 is 11.6 Å². The van der Waals surface area contributed by atoms with Crippen molar-refractivity contribution in [2.45, 2.75) is 6.42 Å². The van der Waals surface area contributed by atoms with Crippen LogP contribution < -0.4 is 5.32 Å². The molecule has 1 aliphatic heterocycles. The third-order valence-corrected chi connectivity index (χ3v) is 2.39. The van der Waals surface area contributed by atoms with E-state index in [1.165, 1.54) is 4.90 Å². The number of carboxylic acid groups (broad SMARTS) is 1. The first kappa shape index (κ1) is 12.6. The molecule has 0 atom stereocenters. The Balaban J connectivity index is 2.44. The minimum absolute atomic E-state index is 0.130. The molecule has 0 aromatic carbocycles. The van der Waals surface area contributed by atoms with Crippen LogP contribution in [0, 0.1) is 0 Å². The minimum atomic E-state index is -1.14. The van der Waals surface area contributed by atoms with Crippen LogP contribution in [0.4, 0.5) is 14.4 Å². The first-order chi connectivity index (χ1) is 7.52. The largest absolute Gasteiger partial charge is 0.465 e. The second-order valence-electron chi connectivity index (χ2n) is 3.26. The molecule has 16 heavy (non-hydrogen) atoms. The van der Waals surface area contributed by atoms with Gasteiger partial charge in [0.25, 0.3) is 0 Å². The van der Waals surface area contributed by atoms with Crippen LogP contribution in [-0.4, -0.2) is 58.6 Å². The van der Waals surface area contributed by atoms with Crippen molar-refractivity contribution in [2.24, 2.45) is 0 Å². The second-order valence-corrected chi connectivity index (χ2v) is 3.58. The van der Waals surface area contributed by atoms with Crippen molar-refractivity contribution in [3.05, 3.63) is 0 Å². The molecule has 1 aliphatic rings. The van der Waals surface area contributed by atoms with Crippen molar-refractivity contribution in [3.63, 3.8) is 0 Å². The third kappa shape index (κ3) is 3.27. The molecule has 1 fully saturated rings. The predicted molar refractivity (Wildman–Crippen MR) is 55.6 cm³/mol. The second kappa shape index (κ2) is 5.55. The van der Waals surface area contributed by atoms with Crippen molar-refractivity contribution < 1.29 is 19.5 Å². The molecule has 90 valence electrons. The molecule has 1 saturated heterocycles. The Bertz CT molecular complexity index is 310. The Morgan fingerprint density at radius 2 is 2.12 bits per heavy atom. The highest BCUT2D eigenvalue weighted by atomic mass is 35.5. The van der Waals surface area contributed by atoms with Crippen LogP contribution in [0.25, 0.3) is 0 Å². The molecule has 0 unspecified atom stereocenters. The molecule has 2 N–H and O–H groups in total. The van der Waals surface area contributed by atoms with Gasteiger partial charge in [-0.25, -0.2) is 9.59 Å². The fourth-order valence-corrected chi connectivity index (χ4v) is 1.61. The Kier molecular flexibility index (Phi) is 4.36. The van der Waals surface area contributed by atoms with E-state index in [9.17, 15) is 14.4 Å². The topological polar surface area (TPSA) is 89.9 Å². The van der Waals surface area contributed by atoms with Crippen molar-refractivity contribution in [3.8, 4) is 0 Å². The van der Waals surface area contributed by atoms with E-state index < -0.39 is 17.5 Å². The smallest absolute Gasteiger partial charge is 0.404 e. The molecular weight excluding hydrogens is 238 g/mol. The van der Waals surface area contributed by atoms with Crippen LogP contribution in [0.3, 0.4) is 0 Å². The molecule has 0 saturated carbocycles. The molecule has 1 rings (SSSR count). The summed E-state index contributed by atoms with van der Waals surface area (Å²) in [6.07, 6.45) is -0.508. The van der Waals surface area contributed by atoms with E-state index in [-0.39, 0.29) is 13.1 Å². The van der Waals surface area contributed by atoms with E-state index in [1.54, 1.807) is 0 Å². The molecule has 0 aromatic heterocycles. The molecule has 0 spiro atoms. The highest BCUT2D eigenvalue weighted by Crippen LogP contribution is 2.10. The number of nitrogens with one attached hydrogen (secondary N) is 1. The molecule has 0 aliphatic carbocycles. The lowest BCUT2D eigenvalue weighted by Gasteiger charge is -2.32. The minimum Gasteiger partial charge on any atom is -0.465 e. The maximum absolute atomic E-state index is 11.6. The van der Waals surface area contributed by atoms with Crippen LogP contribution in [0.2, 0.25) is 0 Å². The van der Waals surface area contributed by atoms with Gasteiger partial charge in [-0.15, -0.1) is 0 Å². The fraction of sp³-hybridized carbons (Fsp3) is 0.625. The van der Waals surface area contributed by atoms with Gasteiger partial charge in [-0.3, -0.25) is 9.69 Å².